The summed E-state index contributed by atoms with van der Waals surface area (Å²) >= 11 is 0. The summed E-state index contributed by atoms with van der Waals surface area (Å²) in [5, 5.41) is 33.8. The van der Waals surface area contributed by atoms with E-state index in [1.54, 1.807) is 0 Å². The van der Waals surface area contributed by atoms with Crippen molar-refractivity contribution in [1.82, 2.24) is 9.97 Å². The van der Waals surface area contributed by atoms with Gasteiger partial charge in [-0.3, -0.25) is 0 Å². The van der Waals surface area contributed by atoms with E-state index in [1.165, 1.54) is 194 Å². The Balaban J connectivity index is 0.000000161. The minimum absolute atomic E-state index is 0.0425. The number of benzene rings is 20. The zero-order chi connectivity index (χ0) is 92.9. The lowest BCUT2D eigenvalue weighted by molar-refractivity contribution is 0.590. The van der Waals surface area contributed by atoms with Crippen molar-refractivity contribution >= 4 is 166 Å². The Morgan fingerprint density at radius 3 is 0.754 bits per heavy atom. The first kappa shape index (κ1) is 86.9. The third-order valence-electron chi connectivity index (χ3n) is 29.3. The summed E-state index contributed by atoms with van der Waals surface area (Å²) in [6.07, 6.45) is 0. The van der Waals surface area contributed by atoms with Gasteiger partial charge in [0.05, 0.1) is 22.4 Å². The Labute approximate surface area is 793 Å². The number of fused-ring (bicyclic) bond motifs is 8. The summed E-state index contributed by atoms with van der Waals surface area (Å²) in [7, 11) is -5.80. The first-order valence-corrected chi connectivity index (χ1v) is 52.1. The number of rotatable bonds is 12. The van der Waals surface area contributed by atoms with Gasteiger partial charge in [0.2, 0.25) is 0 Å². The molecule has 0 saturated carbocycles. The summed E-state index contributed by atoms with van der Waals surface area (Å²) in [5.74, 6) is 0. The molecule has 0 unspecified atom stereocenters. The maximum atomic E-state index is 5.30. The maximum Gasteiger partial charge on any atom is 0.179 e. The summed E-state index contributed by atoms with van der Waals surface area (Å²) in [6.45, 7) is 41.6. The molecule has 22 aromatic rings. The quantitative estimate of drug-likeness (QED) is 0.0527. The molecule has 0 aliphatic carbocycles. The van der Waals surface area contributed by atoms with Crippen LogP contribution in [0.15, 0.2) is 388 Å². The topological polar surface area (TPSA) is 25.8 Å². The molecule has 0 amide bonds. The number of para-hydroxylation sites is 2. The highest BCUT2D eigenvalue weighted by atomic mass is 28.3. The van der Waals surface area contributed by atoms with Gasteiger partial charge in [0.1, 0.15) is 0 Å². The Kier molecular flexibility index (Phi) is 21.1. The fourth-order valence-corrected chi connectivity index (χ4v) is 31.3. The van der Waals surface area contributed by atoms with Crippen LogP contribution < -0.4 is 41.5 Å². The molecule has 22 rings (SSSR count). The van der Waals surface area contributed by atoms with Gasteiger partial charge in [-0.1, -0.05) is 489 Å². The van der Waals surface area contributed by atoms with Gasteiger partial charge in [0.25, 0.3) is 0 Å². The number of hydrogen-bond acceptors (Lipinski definition) is 2. The fourth-order valence-electron chi connectivity index (χ4n) is 21.9. The predicted molar refractivity (Wildman–Crippen MR) is 587 cm³/mol. The van der Waals surface area contributed by atoms with Crippen LogP contribution in [0, 0.1) is 0 Å². The standard InChI is InChI=1S/2C65H59NSi/c1-63(2,3)46-25-31-49(32-26-46)67(50-33-27-47(28-34-50)64(4,5)6,51-35-29-48(30-36-51)65(7,8)9)52-19-15-18-44(40-52)53-37-22-42-23-39-56-60-45(24-38-54(53)59(42)60)41-57-61(56)55-20-13-14-21-58(55)66-62(57)43-16-11-10-12-17-43;1-63(2,3)46-24-32-50(33-25-46)67(51-34-26-47(27-35-51)64(4,5)6,52-36-28-48(29-37-52)65(7,8)9)49-30-19-42(20-31-49)53-38-21-43-22-40-56-60-45(23-39-54(53)59(43)60)41-57-61(56)55-17-13-14-18-58(55)66-62(57)44-15-11-10-12-16-44/h2*10-41H,1-9H3. The summed E-state index contributed by atoms with van der Waals surface area (Å²) in [4.78, 5) is 10.6. The van der Waals surface area contributed by atoms with Crippen LogP contribution in [-0.2, 0) is 32.5 Å². The first-order chi connectivity index (χ1) is 64.2. The van der Waals surface area contributed by atoms with Gasteiger partial charge in [0, 0.05) is 43.4 Å². The minimum Gasteiger partial charge on any atom is -0.247 e. The predicted octanol–water partition coefficient (Wildman–Crippen LogP) is 29.8. The van der Waals surface area contributed by atoms with Crippen LogP contribution in [0.3, 0.4) is 0 Å². The van der Waals surface area contributed by atoms with E-state index in [2.05, 4.69) is 513 Å². The van der Waals surface area contributed by atoms with E-state index in [-0.39, 0.29) is 32.5 Å². The molecule has 0 saturated heterocycles. The Bertz CT molecular complexity index is 7960. The van der Waals surface area contributed by atoms with Crippen LogP contribution in [0.25, 0.3) is 153 Å². The lowest BCUT2D eigenvalue weighted by Gasteiger charge is -2.36. The molecule has 0 aliphatic heterocycles. The SMILES string of the molecule is CC(C)(C)c1ccc([Si](c2ccc(-c3ccc4ccc5c6c(cc7ccc3c4c75)c(-c3ccccc3)nc3ccccc36)cc2)(c2ccc(C(C)(C)C)cc2)c2ccc(C(C)(C)C)cc2)cc1.CC(C)(C)c1ccc([Si](c2ccc(C(C)(C)C)cc2)(c2ccc(C(C)(C)C)cc2)c2cccc(-c3ccc4ccc5c6c(cc7ccc3c4c75)c(-c3ccccc3)nc3ccccc36)c2)cc1. The van der Waals surface area contributed by atoms with Gasteiger partial charge < -0.3 is 0 Å². The largest absolute Gasteiger partial charge is 0.247 e. The molecule has 0 spiro atoms. The zero-order valence-electron chi connectivity index (χ0n) is 80.8. The van der Waals surface area contributed by atoms with Gasteiger partial charge in [-0.25, -0.2) is 9.97 Å². The number of aromatic nitrogens is 2. The second-order valence-electron chi connectivity index (χ2n) is 44.0. The van der Waals surface area contributed by atoms with Gasteiger partial charge in [0.15, 0.2) is 16.1 Å². The highest BCUT2D eigenvalue weighted by Crippen LogP contribution is 2.49. The van der Waals surface area contributed by atoms with Crippen LogP contribution in [0.2, 0.25) is 0 Å². The Morgan fingerprint density at radius 2 is 0.425 bits per heavy atom. The maximum absolute atomic E-state index is 5.30. The zero-order valence-corrected chi connectivity index (χ0v) is 82.8. The highest BCUT2D eigenvalue weighted by Gasteiger charge is 2.45. The molecular weight excluding hydrogens is 1650 g/mol. The van der Waals surface area contributed by atoms with E-state index in [0.29, 0.717) is 0 Å². The van der Waals surface area contributed by atoms with Crippen LogP contribution in [-0.4, -0.2) is 26.1 Å². The van der Waals surface area contributed by atoms with E-state index in [9.17, 15) is 0 Å². The van der Waals surface area contributed by atoms with Crippen molar-refractivity contribution in [3.63, 3.8) is 0 Å². The van der Waals surface area contributed by atoms with Crippen LogP contribution in [0.5, 0.6) is 0 Å². The van der Waals surface area contributed by atoms with Gasteiger partial charge in [-0.05, 0) is 219 Å². The monoisotopic (exact) mass is 1760 g/mol. The van der Waals surface area contributed by atoms with Gasteiger partial charge in [-0.2, -0.15) is 0 Å². The Morgan fingerprint density at radius 1 is 0.164 bits per heavy atom. The molecule has 2 aromatic heterocycles. The van der Waals surface area contributed by atoms with E-state index in [1.807, 2.05) is 0 Å². The van der Waals surface area contributed by atoms with Crippen molar-refractivity contribution in [2.45, 2.75) is 157 Å². The average Bonchev–Trinajstić information content (AvgIpc) is 0.722. The van der Waals surface area contributed by atoms with Crippen molar-refractivity contribution in [3.05, 3.63) is 422 Å². The molecule has 20 aromatic carbocycles. The molecule has 0 bridgehead atoms. The second-order valence-corrected chi connectivity index (χ2v) is 51.6. The van der Waals surface area contributed by atoms with Gasteiger partial charge in [-0.15, -0.1) is 0 Å². The van der Waals surface area contributed by atoms with E-state index >= 15 is 0 Å². The van der Waals surface area contributed by atoms with E-state index in [4.69, 9.17) is 9.97 Å². The molecule has 656 valence electrons. The van der Waals surface area contributed by atoms with Crippen LogP contribution in [0.1, 0.15) is 158 Å². The number of nitrogens with zero attached hydrogens (tertiary/aromatic N) is 2. The summed E-state index contributed by atoms with van der Waals surface area (Å²) in [6, 6.07) is 149. The van der Waals surface area contributed by atoms with E-state index in [0.717, 1.165) is 33.5 Å². The number of pyridine rings is 2. The molecule has 0 N–H and O–H groups in total. The van der Waals surface area contributed by atoms with Crippen LogP contribution >= 0.6 is 0 Å². The molecule has 134 heavy (non-hydrogen) atoms. The van der Waals surface area contributed by atoms with Crippen molar-refractivity contribution in [3.8, 4) is 44.8 Å². The molecule has 0 fully saturated rings. The van der Waals surface area contributed by atoms with Crippen molar-refractivity contribution < 1.29 is 0 Å². The van der Waals surface area contributed by atoms with Crippen molar-refractivity contribution in [1.29, 1.82) is 0 Å². The third-order valence-corrected chi connectivity index (χ3v) is 38.9. The van der Waals surface area contributed by atoms with Crippen molar-refractivity contribution in [2.24, 2.45) is 0 Å². The number of hydrogen-bond donors (Lipinski definition) is 0. The van der Waals surface area contributed by atoms with Gasteiger partial charge >= 0.3 is 0 Å². The normalized spacial score (nSPS) is 12.9. The fraction of sp³-hybridized carbons (Fsp3) is 0.185. The Hall–Kier alpha value is -13.7. The lowest BCUT2D eigenvalue weighted by Crippen LogP contribution is -2.74. The molecule has 0 atom stereocenters. The van der Waals surface area contributed by atoms with Crippen molar-refractivity contribution in [2.75, 3.05) is 0 Å². The van der Waals surface area contributed by atoms with E-state index < -0.39 is 16.1 Å². The molecule has 0 aliphatic rings. The third kappa shape index (κ3) is 14.9. The smallest absolute Gasteiger partial charge is 0.179 e. The molecule has 2 heterocycles. The van der Waals surface area contributed by atoms with Crippen LogP contribution in [0.4, 0.5) is 0 Å². The summed E-state index contributed by atoms with van der Waals surface area (Å²) < 4.78 is 0. The first-order valence-electron chi connectivity index (χ1n) is 48.1. The second kappa shape index (κ2) is 32.6. The lowest BCUT2D eigenvalue weighted by atomic mass is 9.86. The molecule has 0 radical (unpaired) electrons. The molecular formula is C130H118N2Si2. The molecule has 4 heteroatoms. The highest BCUT2D eigenvalue weighted by molar-refractivity contribution is 7.20. The average molecular weight is 1760 g/mol. The summed E-state index contributed by atoms with van der Waals surface area (Å²) in [5.41, 5.74) is 19.7. The minimum atomic E-state index is -2.94. The molecule has 2 nitrogen and oxygen atoms in total.